The molecule has 11 heteroatoms. The molecule has 11 nitrogen and oxygen atoms in total. The van der Waals surface area contributed by atoms with Crippen molar-refractivity contribution in [1.82, 2.24) is 0 Å². The Bertz CT molecular complexity index is 378. The third-order valence-electron chi connectivity index (χ3n) is 3.98. The first kappa shape index (κ1) is 18.9. The summed E-state index contributed by atoms with van der Waals surface area (Å²) in [5.41, 5.74) is 0. The van der Waals surface area contributed by atoms with E-state index in [-0.39, 0.29) is 0 Å². The summed E-state index contributed by atoms with van der Waals surface area (Å²) >= 11 is 0. The van der Waals surface area contributed by atoms with Crippen molar-refractivity contribution in [3.63, 3.8) is 0 Å². The van der Waals surface area contributed by atoms with Crippen LogP contribution in [0, 0.1) is 0 Å². The maximum atomic E-state index is 9.94. The SMILES string of the molecule is OCC1O[C@H](O[C@H]2C(O)C(O)C(O)O[C@@H]2CO)C(O)C(O)C1O. The molecule has 0 radical (unpaired) electrons. The van der Waals surface area contributed by atoms with Crippen LogP contribution in [0.5, 0.6) is 0 Å². The fourth-order valence-electron chi connectivity index (χ4n) is 2.57. The summed E-state index contributed by atoms with van der Waals surface area (Å²) in [5.74, 6) is 0. The fourth-order valence-corrected chi connectivity index (χ4v) is 2.57. The smallest absolute Gasteiger partial charge is 0.187 e. The van der Waals surface area contributed by atoms with E-state index in [0.717, 1.165) is 0 Å². The van der Waals surface area contributed by atoms with Gasteiger partial charge in [0, 0.05) is 0 Å². The normalized spacial score (nSPS) is 51.7. The van der Waals surface area contributed by atoms with Gasteiger partial charge in [-0.3, -0.25) is 0 Å². The minimum absolute atomic E-state index is 0.667. The van der Waals surface area contributed by atoms with Crippen LogP contribution in [0.2, 0.25) is 0 Å². The minimum atomic E-state index is -1.74. The van der Waals surface area contributed by atoms with Crippen LogP contribution in [0.1, 0.15) is 0 Å². The van der Waals surface area contributed by atoms with Crippen molar-refractivity contribution in [2.45, 2.75) is 61.4 Å². The molecule has 8 N–H and O–H groups in total. The molecule has 0 aromatic rings. The molecule has 0 aromatic carbocycles. The summed E-state index contributed by atoms with van der Waals surface area (Å²) in [6, 6.07) is 0. The Morgan fingerprint density at radius 2 is 1.26 bits per heavy atom. The van der Waals surface area contributed by atoms with Gasteiger partial charge >= 0.3 is 0 Å². The largest absolute Gasteiger partial charge is 0.394 e. The van der Waals surface area contributed by atoms with E-state index in [2.05, 4.69) is 0 Å². The molecule has 0 saturated carbocycles. The lowest BCUT2D eigenvalue weighted by atomic mass is 9.97. The first-order valence-electron chi connectivity index (χ1n) is 7.08. The topological polar surface area (TPSA) is 190 Å². The second-order valence-electron chi connectivity index (χ2n) is 5.53. The molecule has 10 atom stereocenters. The lowest BCUT2D eigenvalue weighted by molar-refractivity contribution is -0.355. The van der Waals surface area contributed by atoms with Crippen molar-refractivity contribution in [3.05, 3.63) is 0 Å². The van der Waals surface area contributed by atoms with Crippen LogP contribution in [0.4, 0.5) is 0 Å². The fraction of sp³-hybridized carbons (Fsp3) is 1.00. The molecule has 2 fully saturated rings. The van der Waals surface area contributed by atoms with Crippen molar-refractivity contribution in [3.8, 4) is 0 Å². The van der Waals surface area contributed by atoms with Crippen LogP contribution < -0.4 is 0 Å². The molecule has 7 unspecified atom stereocenters. The number of ether oxygens (including phenoxy) is 3. The number of hydrogen-bond donors (Lipinski definition) is 8. The van der Waals surface area contributed by atoms with E-state index in [4.69, 9.17) is 19.3 Å². The summed E-state index contributed by atoms with van der Waals surface area (Å²) in [5, 5.41) is 76.5. The molecule has 2 rings (SSSR count). The monoisotopic (exact) mass is 342 g/mol. The quantitative estimate of drug-likeness (QED) is 0.243. The Kier molecular flexibility index (Phi) is 6.27. The summed E-state index contributed by atoms with van der Waals surface area (Å²) in [4.78, 5) is 0. The molecule has 2 heterocycles. The Labute approximate surface area is 130 Å². The first-order chi connectivity index (χ1) is 10.8. The Balaban J connectivity index is 2.11. The number of rotatable bonds is 4. The molecule has 2 aliphatic heterocycles. The van der Waals surface area contributed by atoms with Gasteiger partial charge in [-0.2, -0.15) is 0 Å². The number of hydrogen-bond acceptors (Lipinski definition) is 11. The van der Waals surface area contributed by atoms with Gasteiger partial charge in [0.05, 0.1) is 13.2 Å². The van der Waals surface area contributed by atoms with Gasteiger partial charge in [-0.25, -0.2) is 0 Å². The van der Waals surface area contributed by atoms with Crippen LogP contribution in [0.25, 0.3) is 0 Å². The van der Waals surface area contributed by atoms with Gasteiger partial charge in [0.2, 0.25) is 0 Å². The standard InChI is InChI=1S/C12H22O11/c13-1-3-5(15)6(16)9(19)12(22-3)23-10-4(2-14)21-11(20)8(18)7(10)17/h3-20H,1-2H2/t3?,4-,5?,6?,7?,8?,9?,10-,11?,12-/m1/s1. The van der Waals surface area contributed by atoms with Gasteiger partial charge in [0.15, 0.2) is 12.6 Å². The molecular weight excluding hydrogens is 320 g/mol. The Morgan fingerprint density at radius 1 is 0.652 bits per heavy atom. The van der Waals surface area contributed by atoms with Crippen molar-refractivity contribution in [2.24, 2.45) is 0 Å². The molecular formula is C12H22O11. The van der Waals surface area contributed by atoms with Crippen molar-refractivity contribution in [1.29, 1.82) is 0 Å². The third kappa shape index (κ3) is 3.65. The maximum Gasteiger partial charge on any atom is 0.187 e. The van der Waals surface area contributed by atoms with Gasteiger partial charge in [-0.1, -0.05) is 0 Å². The first-order valence-corrected chi connectivity index (χ1v) is 7.08. The zero-order valence-electron chi connectivity index (χ0n) is 12.0. The zero-order chi connectivity index (χ0) is 17.3. The molecule has 23 heavy (non-hydrogen) atoms. The molecule has 0 bridgehead atoms. The van der Waals surface area contributed by atoms with Crippen molar-refractivity contribution < 1.29 is 55.1 Å². The second kappa shape index (κ2) is 7.63. The molecule has 0 aliphatic carbocycles. The highest BCUT2D eigenvalue weighted by Gasteiger charge is 2.50. The predicted octanol–water partition coefficient (Wildman–Crippen LogP) is -5.40. The lowest BCUT2D eigenvalue weighted by Gasteiger charge is -2.45. The van der Waals surface area contributed by atoms with E-state index in [0.29, 0.717) is 0 Å². The van der Waals surface area contributed by atoms with Gasteiger partial charge in [0.25, 0.3) is 0 Å². The zero-order valence-corrected chi connectivity index (χ0v) is 12.0. The maximum absolute atomic E-state index is 9.94. The average molecular weight is 342 g/mol. The van der Waals surface area contributed by atoms with Crippen molar-refractivity contribution >= 4 is 0 Å². The molecule has 0 spiro atoms. The molecule has 0 amide bonds. The second-order valence-corrected chi connectivity index (χ2v) is 5.53. The molecule has 2 saturated heterocycles. The highest BCUT2D eigenvalue weighted by Crippen LogP contribution is 2.28. The summed E-state index contributed by atoms with van der Waals surface area (Å²) in [6.07, 6.45) is -15.6. The van der Waals surface area contributed by atoms with Gasteiger partial charge < -0.3 is 55.1 Å². The minimum Gasteiger partial charge on any atom is -0.394 e. The van der Waals surface area contributed by atoms with E-state index in [1.165, 1.54) is 0 Å². The van der Waals surface area contributed by atoms with Gasteiger partial charge in [0.1, 0.15) is 48.8 Å². The molecule has 0 aromatic heterocycles. The third-order valence-corrected chi connectivity index (χ3v) is 3.98. The summed E-state index contributed by atoms with van der Waals surface area (Å²) in [7, 11) is 0. The van der Waals surface area contributed by atoms with E-state index >= 15 is 0 Å². The van der Waals surface area contributed by atoms with Crippen LogP contribution in [0.15, 0.2) is 0 Å². The number of aliphatic hydroxyl groups is 8. The average Bonchev–Trinajstić information content (AvgIpc) is 2.55. The summed E-state index contributed by atoms with van der Waals surface area (Å²) < 4.78 is 15.3. The molecule has 2 aliphatic rings. The van der Waals surface area contributed by atoms with E-state index in [1.54, 1.807) is 0 Å². The summed E-state index contributed by atoms with van der Waals surface area (Å²) in [6.45, 7) is -1.35. The van der Waals surface area contributed by atoms with Crippen LogP contribution in [-0.2, 0) is 14.2 Å². The van der Waals surface area contributed by atoms with Crippen LogP contribution in [0.3, 0.4) is 0 Å². The highest BCUT2D eigenvalue weighted by molar-refractivity contribution is 4.93. The lowest BCUT2D eigenvalue weighted by Crippen LogP contribution is -2.64. The van der Waals surface area contributed by atoms with E-state index in [1.807, 2.05) is 0 Å². The predicted molar refractivity (Wildman–Crippen MR) is 68.6 cm³/mol. The highest BCUT2D eigenvalue weighted by atomic mass is 16.7. The van der Waals surface area contributed by atoms with E-state index < -0.39 is 74.6 Å². The molecule has 136 valence electrons. The van der Waals surface area contributed by atoms with Gasteiger partial charge in [-0.05, 0) is 0 Å². The Morgan fingerprint density at radius 3 is 1.83 bits per heavy atom. The Hall–Kier alpha value is -0.440. The van der Waals surface area contributed by atoms with Crippen LogP contribution >= 0.6 is 0 Å². The number of aliphatic hydroxyl groups excluding tert-OH is 8. The van der Waals surface area contributed by atoms with Gasteiger partial charge in [-0.15, -0.1) is 0 Å². The van der Waals surface area contributed by atoms with E-state index in [9.17, 15) is 35.7 Å². The van der Waals surface area contributed by atoms with Crippen molar-refractivity contribution in [2.75, 3.05) is 13.2 Å². The van der Waals surface area contributed by atoms with Crippen LogP contribution in [-0.4, -0.2) is 115 Å².